The van der Waals surface area contributed by atoms with E-state index < -0.39 is 11.9 Å². The topological polar surface area (TPSA) is 85.0 Å². The molecule has 4 amide bonds. The summed E-state index contributed by atoms with van der Waals surface area (Å²) >= 11 is 0. The van der Waals surface area contributed by atoms with Gasteiger partial charge in [0.1, 0.15) is 0 Å². The Bertz CT molecular complexity index is 1440. The van der Waals surface area contributed by atoms with E-state index >= 15 is 0 Å². The van der Waals surface area contributed by atoms with Gasteiger partial charge in [-0.3, -0.25) is 9.59 Å². The minimum absolute atomic E-state index is 0.0248. The van der Waals surface area contributed by atoms with Crippen molar-refractivity contribution in [2.75, 3.05) is 50.0 Å². The summed E-state index contributed by atoms with van der Waals surface area (Å²) in [5, 5.41) is 6.04. The van der Waals surface area contributed by atoms with Crippen LogP contribution in [0.15, 0.2) is 72.8 Å². The van der Waals surface area contributed by atoms with Crippen molar-refractivity contribution in [3.63, 3.8) is 0 Å². The summed E-state index contributed by atoms with van der Waals surface area (Å²) in [7, 11) is 1.52. The van der Waals surface area contributed by atoms with Crippen LogP contribution in [0.2, 0.25) is 0 Å². The average molecular weight is 538 g/mol. The summed E-state index contributed by atoms with van der Waals surface area (Å²) in [6.07, 6.45) is 0.783. The number of amides is 4. The highest BCUT2D eigenvalue weighted by Gasteiger charge is 2.39. The number of hydrogen-bond acceptors (Lipinski definition) is 5. The van der Waals surface area contributed by atoms with Gasteiger partial charge in [0.25, 0.3) is 11.8 Å². The van der Waals surface area contributed by atoms with Gasteiger partial charge in [0.2, 0.25) is 0 Å². The van der Waals surface area contributed by atoms with Gasteiger partial charge in [0.15, 0.2) is 0 Å². The summed E-state index contributed by atoms with van der Waals surface area (Å²) < 4.78 is 0. The number of nitrogens with zero attached hydrogens (tertiary/aromatic N) is 3. The lowest BCUT2D eigenvalue weighted by Crippen LogP contribution is -2.48. The van der Waals surface area contributed by atoms with Gasteiger partial charge in [-0.1, -0.05) is 56.3 Å². The number of rotatable bonds is 6. The van der Waals surface area contributed by atoms with Crippen LogP contribution < -0.4 is 15.5 Å². The van der Waals surface area contributed by atoms with Gasteiger partial charge in [0, 0.05) is 50.0 Å². The summed E-state index contributed by atoms with van der Waals surface area (Å²) in [5.41, 5.74) is 5.48. The lowest BCUT2D eigenvalue weighted by atomic mass is 9.98. The van der Waals surface area contributed by atoms with Crippen LogP contribution in [0, 0.1) is 0 Å². The monoisotopic (exact) mass is 537 g/mol. The number of hydrogen-bond donors (Lipinski definition) is 2. The zero-order chi connectivity index (χ0) is 28.2. The molecule has 0 spiro atoms. The molecule has 2 aliphatic rings. The summed E-state index contributed by atoms with van der Waals surface area (Å²) in [6.45, 7) is 8.39. The van der Waals surface area contributed by atoms with E-state index in [-0.39, 0.29) is 5.91 Å². The summed E-state index contributed by atoms with van der Waals surface area (Å²) in [5.74, 6) is -0.372. The Morgan fingerprint density at radius 1 is 0.850 bits per heavy atom. The van der Waals surface area contributed by atoms with Crippen molar-refractivity contribution < 1.29 is 14.4 Å². The number of carbonyl (C=O) groups excluding carboxylic acids is 3. The highest BCUT2D eigenvalue weighted by atomic mass is 16.2. The molecular weight excluding hydrogens is 502 g/mol. The van der Waals surface area contributed by atoms with Crippen LogP contribution in [0.1, 0.15) is 40.9 Å². The first kappa shape index (κ1) is 27.1. The Labute approximate surface area is 235 Å². The average Bonchev–Trinajstić information content (AvgIpc) is 3.30. The van der Waals surface area contributed by atoms with Crippen LogP contribution >= 0.6 is 0 Å². The van der Waals surface area contributed by atoms with Crippen LogP contribution in [-0.4, -0.2) is 67.4 Å². The van der Waals surface area contributed by atoms with Crippen LogP contribution in [0.4, 0.5) is 16.2 Å². The number of urea groups is 1. The van der Waals surface area contributed by atoms with Gasteiger partial charge in [-0.25, -0.2) is 9.69 Å². The largest absolute Gasteiger partial charge is 0.354 e. The molecule has 0 radical (unpaired) electrons. The number of aryl methyl sites for hydroxylation is 1. The molecule has 1 fully saturated rings. The molecule has 0 unspecified atom stereocenters. The van der Waals surface area contributed by atoms with Crippen molar-refractivity contribution in [3.8, 4) is 0 Å². The maximum Gasteiger partial charge on any atom is 0.328 e. The Balaban J connectivity index is 1.51. The SMILES string of the molecule is CCc1ccc2c(c1)N(C(=O)NC)C(=O)C2=C(Nc1ccc(C(=O)N2CCN(CC)CC2)cc1)c1ccccc1. The molecule has 0 aromatic heterocycles. The standard InChI is InChI=1S/C32H35N5O3/c1-4-22-11-16-26-27(21-22)37(32(40)33-3)31(39)28(26)29(23-9-7-6-8-10-23)34-25-14-12-24(13-15-25)30(38)36-19-17-35(5-2)18-20-36/h6-16,21,34H,4-5,17-20H2,1-3H3,(H,33,40). The van der Waals surface area contributed by atoms with E-state index in [2.05, 4.69) is 22.5 Å². The first-order valence-corrected chi connectivity index (χ1v) is 13.8. The maximum absolute atomic E-state index is 13.8. The van der Waals surface area contributed by atoms with Crippen LogP contribution in [0.25, 0.3) is 11.3 Å². The molecule has 3 aromatic carbocycles. The quantitative estimate of drug-likeness (QED) is 0.446. The predicted octanol–water partition coefficient (Wildman–Crippen LogP) is 4.69. The first-order valence-electron chi connectivity index (χ1n) is 13.8. The fraction of sp³-hybridized carbons (Fsp3) is 0.281. The van der Waals surface area contributed by atoms with E-state index in [1.807, 2.05) is 84.6 Å². The highest BCUT2D eigenvalue weighted by Crippen LogP contribution is 2.42. The Hall–Kier alpha value is -4.43. The molecule has 3 aromatic rings. The second kappa shape index (κ2) is 11.8. The molecule has 2 heterocycles. The number of fused-ring (bicyclic) bond motifs is 1. The Kier molecular flexibility index (Phi) is 7.98. The smallest absolute Gasteiger partial charge is 0.328 e. The van der Waals surface area contributed by atoms with Crippen molar-refractivity contribution in [1.82, 2.24) is 15.1 Å². The van der Waals surface area contributed by atoms with E-state index in [9.17, 15) is 14.4 Å². The van der Waals surface area contributed by atoms with Gasteiger partial charge in [-0.2, -0.15) is 0 Å². The first-order chi connectivity index (χ1) is 19.4. The van der Waals surface area contributed by atoms with Crippen molar-refractivity contribution >= 4 is 40.5 Å². The van der Waals surface area contributed by atoms with Gasteiger partial charge in [0.05, 0.1) is 17.0 Å². The molecule has 8 heteroatoms. The highest BCUT2D eigenvalue weighted by molar-refractivity contribution is 6.43. The van der Waals surface area contributed by atoms with Crippen molar-refractivity contribution in [3.05, 3.63) is 95.1 Å². The molecule has 0 saturated carbocycles. The number of benzene rings is 3. The van der Waals surface area contributed by atoms with Crippen LogP contribution in [0.3, 0.4) is 0 Å². The van der Waals surface area contributed by atoms with E-state index in [0.29, 0.717) is 28.1 Å². The molecular formula is C32H35N5O3. The normalized spacial score (nSPS) is 16.5. The molecule has 1 saturated heterocycles. The van der Waals surface area contributed by atoms with Gasteiger partial charge in [-0.15, -0.1) is 0 Å². The third kappa shape index (κ3) is 5.22. The minimum atomic E-state index is -0.482. The Morgan fingerprint density at radius 3 is 2.17 bits per heavy atom. The number of anilines is 2. The molecule has 206 valence electrons. The second-order valence-electron chi connectivity index (χ2n) is 9.95. The third-order valence-corrected chi connectivity index (χ3v) is 7.63. The number of nitrogens with one attached hydrogen (secondary N) is 2. The maximum atomic E-state index is 13.8. The van der Waals surface area contributed by atoms with E-state index in [0.717, 1.165) is 56.0 Å². The molecule has 40 heavy (non-hydrogen) atoms. The van der Waals surface area contributed by atoms with Crippen molar-refractivity contribution in [2.24, 2.45) is 0 Å². The molecule has 0 bridgehead atoms. The van der Waals surface area contributed by atoms with Crippen molar-refractivity contribution in [1.29, 1.82) is 0 Å². The summed E-state index contributed by atoms with van der Waals surface area (Å²) in [4.78, 5) is 45.2. The number of piperazine rings is 1. The van der Waals surface area contributed by atoms with Crippen molar-refractivity contribution in [2.45, 2.75) is 20.3 Å². The van der Waals surface area contributed by atoms with Gasteiger partial charge < -0.3 is 20.4 Å². The lowest BCUT2D eigenvalue weighted by molar-refractivity contribution is -0.112. The Morgan fingerprint density at radius 2 is 1.55 bits per heavy atom. The fourth-order valence-corrected chi connectivity index (χ4v) is 5.26. The number of likely N-dealkylation sites (N-methyl/N-ethyl adjacent to an activating group) is 1. The molecule has 0 atom stereocenters. The summed E-state index contributed by atoms with van der Waals surface area (Å²) in [6, 6.07) is 22.3. The molecule has 8 nitrogen and oxygen atoms in total. The zero-order valence-electron chi connectivity index (χ0n) is 23.2. The van der Waals surface area contributed by atoms with Gasteiger partial charge >= 0.3 is 6.03 Å². The van der Waals surface area contributed by atoms with Crippen LogP contribution in [0.5, 0.6) is 0 Å². The predicted molar refractivity (Wildman–Crippen MR) is 159 cm³/mol. The second-order valence-corrected chi connectivity index (χ2v) is 9.95. The van der Waals surface area contributed by atoms with E-state index in [1.165, 1.54) is 11.9 Å². The van der Waals surface area contributed by atoms with E-state index in [4.69, 9.17) is 0 Å². The number of carbonyl (C=O) groups is 3. The third-order valence-electron chi connectivity index (χ3n) is 7.63. The lowest BCUT2D eigenvalue weighted by Gasteiger charge is -2.34. The van der Waals surface area contributed by atoms with Gasteiger partial charge in [-0.05, 0) is 54.4 Å². The van der Waals surface area contributed by atoms with Crippen LogP contribution in [-0.2, 0) is 11.2 Å². The molecule has 2 aliphatic heterocycles. The molecule has 0 aliphatic carbocycles. The number of imide groups is 1. The molecule has 2 N–H and O–H groups in total. The minimum Gasteiger partial charge on any atom is -0.354 e. The molecule has 5 rings (SSSR count). The van der Waals surface area contributed by atoms with E-state index in [1.54, 1.807) is 0 Å². The zero-order valence-corrected chi connectivity index (χ0v) is 23.2. The fourth-order valence-electron chi connectivity index (χ4n) is 5.26.